The molecular formula is C27H23ClN6O2S2. The fourth-order valence-corrected chi connectivity index (χ4v) is 6.27. The van der Waals surface area contributed by atoms with Crippen molar-refractivity contribution in [3.8, 4) is 17.3 Å². The third kappa shape index (κ3) is 5.20. The molecule has 1 saturated heterocycles. The Hall–Kier alpha value is -3.60. The number of carbonyl (C=O) groups is 1. The number of hydrogen-bond donors (Lipinski definition) is 0. The maximum atomic E-state index is 13.1. The van der Waals surface area contributed by atoms with Crippen LogP contribution in [0.4, 0.5) is 5.69 Å². The van der Waals surface area contributed by atoms with Gasteiger partial charge in [0, 0.05) is 48.0 Å². The van der Waals surface area contributed by atoms with Crippen LogP contribution in [0.15, 0.2) is 87.9 Å². The summed E-state index contributed by atoms with van der Waals surface area (Å²) < 4.78 is 7.56. The molecule has 0 N–H and O–H groups in total. The molecule has 0 atom stereocenters. The fraction of sp³-hybridized carbons (Fsp3) is 0.185. The second-order valence-electron chi connectivity index (χ2n) is 8.63. The molecule has 0 bridgehead atoms. The van der Waals surface area contributed by atoms with Gasteiger partial charge in [-0.05, 0) is 42.5 Å². The van der Waals surface area contributed by atoms with E-state index in [1.54, 1.807) is 6.26 Å². The molecule has 1 aliphatic rings. The summed E-state index contributed by atoms with van der Waals surface area (Å²) in [5, 5.41) is 13.0. The molecule has 3 aromatic heterocycles. The average molecular weight is 563 g/mol. The first kappa shape index (κ1) is 24.7. The van der Waals surface area contributed by atoms with Gasteiger partial charge in [-0.3, -0.25) is 9.36 Å². The van der Waals surface area contributed by atoms with Gasteiger partial charge in [0.2, 0.25) is 5.82 Å². The number of anilines is 1. The summed E-state index contributed by atoms with van der Waals surface area (Å²) in [6, 6.07) is 21.5. The highest BCUT2D eigenvalue weighted by Crippen LogP contribution is 2.31. The molecule has 192 valence electrons. The smallest absolute Gasteiger partial charge is 0.273 e. The molecule has 0 spiro atoms. The summed E-state index contributed by atoms with van der Waals surface area (Å²) >= 11 is 9.15. The molecule has 11 heteroatoms. The van der Waals surface area contributed by atoms with Crippen LogP contribution < -0.4 is 4.90 Å². The van der Waals surface area contributed by atoms with E-state index in [-0.39, 0.29) is 5.91 Å². The fourth-order valence-electron chi connectivity index (χ4n) is 4.34. The van der Waals surface area contributed by atoms with Gasteiger partial charge in [0.15, 0.2) is 10.9 Å². The van der Waals surface area contributed by atoms with Crippen LogP contribution in [0.5, 0.6) is 0 Å². The maximum Gasteiger partial charge on any atom is 0.273 e. The van der Waals surface area contributed by atoms with Gasteiger partial charge >= 0.3 is 0 Å². The standard InChI is InChI=1S/C27H23ClN6O2S2/c28-19-6-4-9-21(16-19)32-11-13-33(14-12-32)26(35)22-17-37-24(29-22)18-38-27-31-30-25(23-10-5-15-36-23)34(27)20-7-2-1-3-8-20/h1-10,15-17H,11-14,18H2. The minimum absolute atomic E-state index is 0.0317. The summed E-state index contributed by atoms with van der Waals surface area (Å²) in [5.74, 6) is 1.82. The molecule has 8 nitrogen and oxygen atoms in total. The van der Waals surface area contributed by atoms with E-state index in [2.05, 4.69) is 20.1 Å². The van der Waals surface area contributed by atoms with E-state index in [1.807, 2.05) is 81.6 Å². The number of hydrogen-bond acceptors (Lipinski definition) is 8. The lowest BCUT2D eigenvalue weighted by Gasteiger charge is -2.35. The van der Waals surface area contributed by atoms with Crippen LogP contribution in [0.25, 0.3) is 17.3 Å². The number of thioether (sulfide) groups is 1. The number of nitrogens with zero attached hydrogens (tertiary/aromatic N) is 6. The van der Waals surface area contributed by atoms with Crippen molar-refractivity contribution in [1.29, 1.82) is 0 Å². The van der Waals surface area contributed by atoms with Gasteiger partial charge < -0.3 is 14.2 Å². The van der Waals surface area contributed by atoms with Crippen molar-refractivity contribution in [1.82, 2.24) is 24.6 Å². The molecule has 5 aromatic rings. The molecule has 0 radical (unpaired) electrons. The number of para-hydroxylation sites is 1. The molecule has 1 fully saturated rings. The number of carbonyl (C=O) groups excluding carboxylic acids is 1. The predicted octanol–water partition coefficient (Wildman–Crippen LogP) is 5.89. The Morgan fingerprint density at radius 3 is 2.55 bits per heavy atom. The topological polar surface area (TPSA) is 80.3 Å². The SMILES string of the molecule is O=C(c1csc(CSc2nnc(-c3ccco3)n2-c2ccccc2)n1)N1CCN(c2cccc(Cl)c2)CC1. The summed E-state index contributed by atoms with van der Waals surface area (Å²) in [6.45, 7) is 2.80. The lowest BCUT2D eigenvalue weighted by Crippen LogP contribution is -2.48. The Kier molecular flexibility index (Phi) is 7.17. The van der Waals surface area contributed by atoms with Gasteiger partial charge in [-0.1, -0.05) is 47.6 Å². The van der Waals surface area contributed by atoms with Gasteiger partial charge in [-0.25, -0.2) is 4.98 Å². The zero-order chi connectivity index (χ0) is 25.9. The van der Waals surface area contributed by atoms with Crippen molar-refractivity contribution in [2.24, 2.45) is 0 Å². The zero-order valence-electron chi connectivity index (χ0n) is 20.2. The van der Waals surface area contributed by atoms with Crippen molar-refractivity contribution in [2.75, 3.05) is 31.1 Å². The number of aromatic nitrogens is 4. The molecule has 0 aliphatic carbocycles. The Morgan fingerprint density at radius 2 is 1.79 bits per heavy atom. The molecule has 2 aromatic carbocycles. The van der Waals surface area contributed by atoms with Crippen molar-refractivity contribution >= 4 is 46.3 Å². The molecule has 1 amide bonds. The third-order valence-electron chi connectivity index (χ3n) is 6.23. The van der Waals surface area contributed by atoms with E-state index >= 15 is 0 Å². The van der Waals surface area contributed by atoms with Crippen LogP contribution in [-0.4, -0.2) is 56.7 Å². The van der Waals surface area contributed by atoms with Crippen LogP contribution in [0.2, 0.25) is 5.02 Å². The first-order valence-electron chi connectivity index (χ1n) is 12.1. The molecule has 1 aliphatic heterocycles. The van der Waals surface area contributed by atoms with E-state index in [0.29, 0.717) is 41.1 Å². The summed E-state index contributed by atoms with van der Waals surface area (Å²) in [5.41, 5.74) is 2.51. The van der Waals surface area contributed by atoms with Crippen molar-refractivity contribution in [2.45, 2.75) is 10.9 Å². The third-order valence-corrected chi connectivity index (χ3v) is 8.43. The average Bonchev–Trinajstić information content (AvgIpc) is 3.73. The lowest BCUT2D eigenvalue weighted by atomic mass is 10.2. The highest BCUT2D eigenvalue weighted by Gasteiger charge is 2.25. The van der Waals surface area contributed by atoms with E-state index in [1.165, 1.54) is 23.1 Å². The van der Waals surface area contributed by atoms with Crippen LogP contribution >= 0.6 is 34.7 Å². The summed E-state index contributed by atoms with van der Waals surface area (Å²) in [4.78, 5) is 21.9. The number of furan rings is 1. The minimum atomic E-state index is -0.0317. The monoisotopic (exact) mass is 562 g/mol. The van der Waals surface area contributed by atoms with Crippen molar-refractivity contribution in [3.05, 3.63) is 94.1 Å². The Bertz CT molecular complexity index is 1530. The van der Waals surface area contributed by atoms with E-state index in [0.717, 1.165) is 34.6 Å². The normalized spacial score (nSPS) is 13.7. The van der Waals surface area contributed by atoms with Gasteiger partial charge in [0.05, 0.1) is 12.0 Å². The first-order valence-corrected chi connectivity index (χ1v) is 14.3. The zero-order valence-corrected chi connectivity index (χ0v) is 22.6. The van der Waals surface area contributed by atoms with Gasteiger partial charge in [0.25, 0.3) is 5.91 Å². The molecule has 6 rings (SSSR count). The number of thiazole rings is 1. The van der Waals surface area contributed by atoms with Crippen LogP contribution in [0.1, 0.15) is 15.5 Å². The van der Waals surface area contributed by atoms with E-state index in [4.69, 9.17) is 16.0 Å². The highest BCUT2D eigenvalue weighted by molar-refractivity contribution is 7.98. The molecule has 4 heterocycles. The first-order chi connectivity index (χ1) is 18.7. The minimum Gasteiger partial charge on any atom is -0.461 e. The molecule has 0 unspecified atom stereocenters. The second-order valence-corrected chi connectivity index (χ2v) is 11.0. The maximum absolute atomic E-state index is 13.1. The summed E-state index contributed by atoms with van der Waals surface area (Å²) in [6.07, 6.45) is 1.62. The summed E-state index contributed by atoms with van der Waals surface area (Å²) in [7, 11) is 0. The predicted molar refractivity (Wildman–Crippen MR) is 150 cm³/mol. The Labute approximate surface area is 232 Å². The second kappa shape index (κ2) is 11.0. The highest BCUT2D eigenvalue weighted by atomic mass is 35.5. The number of amides is 1. The Balaban J connectivity index is 1.12. The number of benzene rings is 2. The van der Waals surface area contributed by atoms with E-state index < -0.39 is 0 Å². The lowest BCUT2D eigenvalue weighted by molar-refractivity contribution is 0.0741. The molecule has 38 heavy (non-hydrogen) atoms. The molecular weight excluding hydrogens is 540 g/mol. The van der Waals surface area contributed by atoms with Crippen LogP contribution in [0.3, 0.4) is 0 Å². The van der Waals surface area contributed by atoms with Gasteiger partial charge in [-0.15, -0.1) is 21.5 Å². The number of piperazine rings is 1. The van der Waals surface area contributed by atoms with Crippen molar-refractivity contribution < 1.29 is 9.21 Å². The van der Waals surface area contributed by atoms with Gasteiger partial charge in [-0.2, -0.15) is 0 Å². The van der Waals surface area contributed by atoms with Crippen molar-refractivity contribution in [3.63, 3.8) is 0 Å². The largest absolute Gasteiger partial charge is 0.461 e. The number of rotatable bonds is 7. The van der Waals surface area contributed by atoms with Gasteiger partial charge in [0.1, 0.15) is 10.7 Å². The molecule has 0 saturated carbocycles. The quantitative estimate of drug-likeness (QED) is 0.229. The van der Waals surface area contributed by atoms with Crippen LogP contribution in [0, 0.1) is 0 Å². The Morgan fingerprint density at radius 1 is 0.974 bits per heavy atom. The van der Waals surface area contributed by atoms with E-state index in [9.17, 15) is 4.79 Å². The van der Waals surface area contributed by atoms with Crippen LogP contribution in [-0.2, 0) is 5.75 Å². The number of halogens is 1.